The van der Waals surface area contributed by atoms with Gasteiger partial charge < -0.3 is 9.67 Å². The average molecular weight is 237 g/mol. The number of aryl methyl sites for hydroxylation is 1. The second kappa shape index (κ2) is 5.19. The molecule has 0 radical (unpaired) electrons. The Hall–Kier alpha value is -0.870. The Balaban J connectivity index is 1.95. The number of aromatic nitrogens is 2. The average Bonchev–Trinajstić information content (AvgIpc) is 2.65. The van der Waals surface area contributed by atoms with Crippen LogP contribution in [0, 0.1) is 0 Å². The molecule has 0 amide bonds. The number of nitrogens with zero attached hydrogens (tertiary/aromatic N) is 3. The van der Waals surface area contributed by atoms with Crippen molar-refractivity contribution in [3.63, 3.8) is 0 Å². The van der Waals surface area contributed by atoms with E-state index in [-0.39, 0.29) is 0 Å². The first-order valence-electron chi connectivity index (χ1n) is 6.55. The van der Waals surface area contributed by atoms with Crippen LogP contribution >= 0.6 is 0 Å². The quantitative estimate of drug-likeness (QED) is 0.869. The highest BCUT2D eigenvalue weighted by molar-refractivity contribution is 4.93. The van der Waals surface area contributed by atoms with Crippen molar-refractivity contribution < 1.29 is 5.11 Å². The van der Waals surface area contributed by atoms with E-state index in [1.807, 2.05) is 19.3 Å². The molecule has 0 aliphatic carbocycles. The Morgan fingerprint density at radius 2 is 2.24 bits per heavy atom. The zero-order valence-electron chi connectivity index (χ0n) is 10.9. The molecule has 0 bridgehead atoms. The topological polar surface area (TPSA) is 41.3 Å². The van der Waals surface area contributed by atoms with Crippen LogP contribution in [0.3, 0.4) is 0 Å². The van der Waals surface area contributed by atoms with E-state index in [0.29, 0.717) is 0 Å². The molecule has 1 unspecified atom stereocenters. The second-order valence-electron chi connectivity index (χ2n) is 5.26. The van der Waals surface area contributed by atoms with Crippen LogP contribution in [-0.4, -0.2) is 38.2 Å². The number of hydrogen-bond acceptors (Lipinski definition) is 3. The molecule has 0 saturated carbocycles. The third-order valence-electron chi connectivity index (χ3n) is 3.66. The molecule has 96 valence electrons. The van der Waals surface area contributed by atoms with Gasteiger partial charge in [0.15, 0.2) is 0 Å². The molecule has 4 heteroatoms. The van der Waals surface area contributed by atoms with Crippen LogP contribution in [0.25, 0.3) is 0 Å². The van der Waals surface area contributed by atoms with Crippen molar-refractivity contribution in [3.8, 4) is 0 Å². The van der Waals surface area contributed by atoms with E-state index in [0.717, 1.165) is 51.3 Å². The van der Waals surface area contributed by atoms with Crippen LogP contribution in [0.4, 0.5) is 0 Å². The summed E-state index contributed by atoms with van der Waals surface area (Å²) in [7, 11) is 0. The first-order valence-corrected chi connectivity index (χ1v) is 6.55. The minimum absolute atomic E-state index is 0.477. The maximum Gasteiger partial charge on any atom is 0.122 e. The van der Waals surface area contributed by atoms with Gasteiger partial charge in [-0.15, -0.1) is 0 Å². The van der Waals surface area contributed by atoms with Gasteiger partial charge in [-0.05, 0) is 39.7 Å². The fraction of sp³-hybridized carbons (Fsp3) is 0.769. The van der Waals surface area contributed by atoms with Crippen molar-refractivity contribution in [2.45, 2.75) is 51.8 Å². The molecule has 4 nitrogen and oxygen atoms in total. The molecule has 0 spiro atoms. The number of rotatable bonds is 3. The van der Waals surface area contributed by atoms with Gasteiger partial charge in [-0.1, -0.05) is 0 Å². The lowest BCUT2D eigenvalue weighted by Crippen LogP contribution is -2.29. The molecular weight excluding hydrogens is 214 g/mol. The number of imidazole rings is 1. The molecule has 1 N–H and O–H groups in total. The lowest BCUT2D eigenvalue weighted by atomic mass is 9.98. The van der Waals surface area contributed by atoms with Crippen molar-refractivity contribution in [1.82, 2.24) is 14.5 Å². The SMILES string of the molecule is CCn1ccnc1CN1CCCC(C)(O)CC1. The van der Waals surface area contributed by atoms with Gasteiger partial charge in [0.25, 0.3) is 0 Å². The highest BCUT2D eigenvalue weighted by Gasteiger charge is 2.25. The van der Waals surface area contributed by atoms with E-state index in [9.17, 15) is 5.11 Å². The molecule has 1 fully saturated rings. The summed E-state index contributed by atoms with van der Waals surface area (Å²) in [6, 6.07) is 0. The van der Waals surface area contributed by atoms with Gasteiger partial charge in [0.2, 0.25) is 0 Å². The van der Waals surface area contributed by atoms with Crippen LogP contribution in [0.5, 0.6) is 0 Å². The highest BCUT2D eigenvalue weighted by atomic mass is 16.3. The minimum Gasteiger partial charge on any atom is -0.390 e. The molecule has 1 atom stereocenters. The van der Waals surface area contributed by atoms with Crippen LogP contribution in [0.2, 0.25) is 0 Å². The van der Waals surface area contributed by atoms with E-state index in [1.54, 1.807) is 0 Å². The van der Waals surface area contributed by atoms with E-state index in [1.165, 1.54) is 0 Å². The van der Waals surface area contributed by atoms with Gasteiger partial charge in [0.05, 0.1) is 12.1 Å². The van der Waals surface area contributed by atoms with Gasteiger partial charge in [0, 0.05) is 25.5 Å². The van der Waals surface area contributed by atoms with Gasteiger partial charge >= 0.3 is 0 Å². The fourth-order valence-electron chi connectivity index (χ4n) is 2.46. The van der Waals surface area contributed by atoms with Crippen LogP contribution in [0.15, 0.2) is 12.4 Å². The Labute approximate surface area is 103 Å². The van der Waals surface area contributed by atoms with Gasteiger partial charge in [-0.2, -0.15) is 0 Å². The standard InChI is InChI=1S/C13H23N3O/c1-3-16-10-7-14-12(16)11-15-8-4-5-13(2,17)6-9-15/h7,10,17H,3-6,8-9,11H2,1-2H3. The predicted octanol–water partition coefficient (Wildman–Crippen LogP) is 1.64. The summed E-state index contributed by atoms with van der Waals surface area (Å²) < 4.78 is 2.18. The summed E-state index contributed by atoms with van der Waals surface area (Å²) in [5.74, 6) is 1.13. The molecule has 17 heavy (non-hydrogen) atoms. The van der Waals surface area contributed by atoms with Crippen molar-refractivity contribution in [2.75, 3.05) is 13.1 Å². The summed E-state index contributed by atoms with van der Waals surface area (Å²) in [4.78, 5) is 6.81. The predicted molar refractivity (Wildman–Crippen MR) is 67.7 cm³/mol. The summed E-state index contributed by atoms with van der Waals surface area (Å²) in [5, 5.41) is 10.1. The molecule has 1 aromatic heterocycles. The molecule has 1 aromatic rings. The number of likely N-dealkylation sites (tertiary alicyclic amines) is 1. The zero-order valence-corrected chi connectivity index (χ0v) is 10.9. The lowest BCUT2D eigenvalue weighted by molar-refractivity contribution is 0.0443. The summed E-state index contributed by atoms with van der Waals surface area (Å²) in [6.45, 7) is 7.98. The lowest BCUT2D eigenvalue weighted by Gasteiger charge is -2.22. The Bertz CT molecular complexity index is 359. The van der Waals surface area contributed by atoms with Crippen LogP contribution in [0.1, 0.15) is 38.9 Å². The summed E-state index contributed by atoms with van der Waals surface area (Å²) in [6.07, 6.45) is 6.74. The smallest absolute Gasteiger partial charge is 0.122 e. The molecule has 1 aliphatic heterocycles. The Morgan fingerprint density at radius 1 is 1.41 bits per heavy atom. The number of hydrogen-bond donors (Lipinski definition) is 1. The zero-order chi connectivity index (χ0) is 12.3. The van der Waals surface area contributed by atoms with E-state index in [4.69, 9.17) is 0 Å². The van der Waals surface area contributed by atoms with Crippen molar-refractivity contribution >= 4 is 0 Å². The fourth-order valence-corrected chi connectivity index (χ4v) is 2.46. The Morgan fingerprint density at radius 3 is 3.00 bits per heavy atom. The molecular formula is C13H23N3O. The minimum atomic E-state index is -0.477. The monoisotopic (exact) mass is 237 g/mol. The van der Waals surface area contributed by atoms with Crippen molar-refractivity contribution in [2.24, 2.45) is 0 Å². The third kappa shape index (κ3) is 3.30. The van der Waals surface area contributed by atoms with E-state index < -0.39 is 5.60 Å². The maximum atomic E-state index is 10.1. The van der Waals surface area contributed by atoms with Gasteiger partial charge in [0.1, 0.15) is 5.82 Å². The summed E-state index contributed by atoms with van der Waals surface area (Å²) in [5.41, 5.74) is -0.477. The van der Waals surface area contributed by atoms with Gasteiger partial charge in [-0.25, -0.2) is 4.98 Å². The second-order valence-corrected chi connectivity index (χ2v) is 5.26. The summed E-state index contributed by atoms with van der Waals surface area (Å²) >= 11 is 0. The first kappa shape index (κ1) is 12.6. The van der Waals surface area contributed by atoms with Gasteiger partial charge in [-0.3, -0.25) is 4.90 Å². The van der Waals surface area contributed by atoms with Crippen LogP contribution in [-0.2, 0) is 13.1 Å². The Kier molecular flexibility index (Phi) is 3.84. The molecule has 2 rings (SSSR count). The molecule has 1 aliphatic rings. The maximum absolute atomic E-state index is 10.1. The van der Waals surface area contributed by atoms with Crippen LogP contribution < -0.4 is 0 Å². The largest absolute Gasteiger partial charge is 0.390 e. The molecule has 1 saturated heterocycles. The van der Waals surface area contributed by atoms with Crippen molar-refractivity contribution in [1.29, 1.82) is 0 Å². The van der Waals surface area contributed by atoms with E-state index in [2.05, 4.69) is 21.4 Å². The van der Waals surface area contributed by atoms with E-state index >= 15 is 0 Å². The third-order valence-corrected chi connectivity index (χ3v) is 3.66. The highest BCUT2D eigenvalue weighted by Crippen LogP contribution is 2.22. The first-order chi connectivity index (χ1) is 8.11. The van der Waals surface area contributed by atoms with Crippen molar-refractivity contribution in [3.05, 3.63) is 18.2 Å². The normalized spacial score (nSPS) is 27.0. The number of aliphatic hydroxyl groups is 1. The molecule has 0 aromatic carbocycles. The molecule has 2 heterocycles.